The molecule has 2 unspecified atom stereocenters. The lowest BCUT2D eigenvalue weighted by Gasteiger charge is -2.28. The lowest BCUT2D eigenvalue weighted by molar-refractivity contribution is 0.112. The number of hydrogen-bond acceptors (Lipinski definition) is 3. The van der Waals surface area contributed by atoms with E-state index in [9.17, 15) is 4.79 Å². The molecule has 2 atom stereocenters. The first-order chi connectivity index (χ1) is 8.29. The van der Waals surface area contributed by atoms with Gasteiger partial charge in [0.1, 0.15) is 12.0 Å². The number of carbonyl (C=O) groups excluding carboxylic acids is 1. The largest absolute Gasteiger partial charge is 0.490 e. The van der Waals surface area contributed by atoms with Crippen molar-refractivity contribution in [1.82, 2.24) is 5.32 Å². The highest BCUT2D eigenvalue weighted by Gasteiger charge is 2.21. The fourth-order valence-corrected chi connectivity index (χ4v) is 2.22. The molecule has 0 aliphatic carbocycles. The number of piperidine rings is 1. The Morgan fingerprint density at radius 3 is 2.76 bits per heavy atom. The summed E-state index contributed by atoms with van der Waals surface area (Å²) in [6.45, 7) is 4.27. The van der Waals surface area contributed by atoms with Gasteiger partial charge < -0.3 is 10.1 Å². The van der Waals surface area contributed by atoms with E-state index in [1.165, 1.54) is 12.8 Å². The van der Waals surface area contributed by atoms with Gasteiger partial charge in [-0.1, -0.05) is 0 Å². The number of nitrogens with one attached hydrogen (secondary N) is 1. The maximum atomic E-state index is 10.5. The van der Waals surface area contributed by atoms with Gasteiger partial charge in [-0.15, -0.1) is 0 Å². The van der Waals surface area contributed by atoms with Crippen LogP contribution in [-0.2, 0) is 0 Å². The zero-order chi connectivity index (χ0) is 12.1. The molecule has 17 heavy (non-hydrogen) atoms. The summed E-state index contributed by atoms with van der Waals surface area (Å²) in [6.07, 6.45) is 3.51. The van der Waals surface area contributed by atoms with E-state index >= 15 is 0 Å². The minimum Gasteiger partial charge on any atom is -0.490 e. The van der Waals surface area contributed by atoms with E-state index < -0.39 is 0 Å². The van der Waals surface area contributed by atoms with Crippen molar-refractivity contribution in [3.8, 4) is 5.75 Å². The van der Waals surface area contributed by atoms with Crippen LogP contribution < -0.4 is 10.1 Å². The Bertz CT molecular complexity index is 355. The van der Waals surface area contributed by atoms with Crippen LogP contribution in [0.25, 0.3) is 0 Å². The van der Waals surface area contributed by atoms with Gasteiger partial charge in [-0.25, -0.2) is 0 Å². The first-order valence-corrected chi connectivity index (χ1v) is 6.22. The first-order valence-electron chi connectivity index (χ1n) is 6.22. The molecule has 3 nitrogen and oxygen atoms in total. The smallest absolute Gasteiger partial charge is 0.150 e. The summed E-state index contributed by atoms with van der Waals surface area (Å²) in [7, 11) is 0. The lowest BCUT2D eigenvalue weighted by atomic mass is 9.94. The molecule has 1 aromatic carbocycles. The van der Waals surface area contributed by atoms with E-state index in [0.717, 1.165) is 25.1 Å². The standard InChI is InChI=1S/C14H19NO2/c1-11(13-3-2-8-15-9-13)17-14-6-4-12(10-16)5-7-14/h4-7,10-11,13,15H,2-3,8-9H2,1H3. The van der Waals surface area contributed by atoms with Crippen molar-refractivity contribution in [3.05, 3.63) is 29.8 Å². The molecular weight excluding hydrogens is 214 g/mol. The van der Waals surface area contributed by atoms with Crippen LogP contribution in [0, 0.1) is 5.92 Å². The number of aldehydes is 1. The van der Waals surface area contributed by atoms with Crippen LogP contribution in [0.4, 0.5) is 0 Å². The quantitative estimate of drug-likeness (QED) is 0.811. The Hall–Kier alpha value is -1.35. The van der Waals surface area contributed by atoms with Crippen molar-refractivity contribution >= 4 is 6.29 Å². The van der Waals surface area contributed by atoms with Crippen molar-refractivity contribution in [1.29, 1.82) is 0 Å². The molecule has 0 radical (unpaired) electrons. The maximum Gasteiger partial charge on any atom is 0.150 e. The second-order valence-corrected chi connectivity index (χ2v) is 4.62. The molecular formula is C14H19NO2. The Morgan fingerprint density at radius 1 is 1.41 bits per heavy atom. The van der Waals surface area contributed by atoms with Crippen molar-refractivity contribution < 1.29 is 9.53 Å². The van der Waals surface area contributed by atoms with Gasteiger partial charge in [-0.3, -0.25) is 4.79 Å². The molecule has 2 rings (SSSR count). The highest BCUT2D eigenvalue weighted by molar-refractivity contribution is 5.74. The van der Waals surface area contributed by atoms with Crippen LogP contribution in [0.3, 0.4) is 0 Å². The highest BCUT2D eigenvalue weighted by atomic mass is 16.5. The molecule has 0 saturated carbocycles. The van der Waals surface area contributed by atoms with Gasteiger partial charge in [0.15, 0.2) is 0 Å². The monoisotopic (exact) mass is 233 g/mol. The summed E-state index contributed by atoms with van der Waals surface area (Å²) in [6, 6.07) is 7.29. The van der Waals surface area contributed by atoms with Crippen LogP contribution in [0.2, 0.25) is 0 Å². The predicted octanol–water partition coefficient (Wildman–Crippen LogP) is 2.27. The van der Waals surface area contributed by atoms with Gasteiger partial charge in [-0.05, 0) is 50.6 Å². The second kappa shape index (κ2) is 5.82. The van der Waals surface area contributed by atoms with Crippen LogP contribution in [0.1, 0.15) is 30.1 Å². The molecule has 3 heteroatoms. The zero-order valence-corrected chi connectivity index (χ0v) is 10.2. The molecule has 1 aliphatic rings. The third-order valence-electron chi connectivity index (χ3n) is 3.34. The zero-order valence-electron chi connectivity index (χ0n) is 10.2. The minimum absolute atomic E-state index is 0.213. The van der Waals surface area contributed by atoms with Crippen LogP contribution in [-0.4, -0.2) is 25.5 Å². The summed E-state index contributed by atoms with van der Waals surface area (Å²) >= 11 is 0. The summed E-state index contributed by atoms with van der Waals surface area (Å²) in [5, 5.41) is 3.39. The minimum atomic E-state index is 0.213. The predicted molar refractivity (Wildman–Crippen MR) is 67.5 cm³/mol. The van der Waals surface area contributed by atoms with E-state index in [0.29, 0.717) is 11.5 Å². The number of benzene rings is 1. The van der Waals surface area contributed by atoms with Gasteiger partial charge in [0.25, 0.3) is 0 Å². The average Bonchev–Trinajstić information content (AvgIpc) is 2.40. The molecule has 0 amide bonds. The third kappa shape index (κ3) is 3.30. The van der Waals surface area contributed by atoms with Crippen molar-refractivity contribution in [2.45, 2.75) is 25.9 Å². The van der Waals surface area contributed by atoms with E-state index in [1.807, 2.05) is 12.1 Å². The number of carbonyl (C=O) groups is 1. The molecule has 1 saturated heterocycles. The fourth-order valence-electron chi connectivity index (χ4n) is 2.22. The molecule has 0 bridgehead atoms. The normalized spacial score (nSPS) is 21.8. The topological polar surface area (TPSA) is 38.3 Å². The SMILES string of the molecule is CC(Oc1ccc(C=O)cc1)C1CCCNC1. The summed E-state index contributed by atoms with van der Waals surface area (Å²) in [4.78, 5) is 10.5. The number of hydrogen-bond donors (Lipinski definition) is 1. The molecule has 1 heterocycles. The molecule has 1 aliphatic heterocycles. The first kappa shape index (κ1) is 12.1. The third-order valence-corrected chi connectivity index (χ3v) is 3.34. The molecule has 1 fully saturated rings. The van der Waals surface area contributed by atoms with Crippen molar-refractivity contribution in [2.75, 3.05) is 13.1 Å². The van der Waals surface area contributed by atoms with Gasteiger partial charge in [0.05, 0.1) is 6.10 Å². The molecule has 1 aromatic rings. The van der Waals surface area contributed by atoms with E-state index in [2.05, 4.69) is 12.2 Å². The Labute approximate surface area is 102 Å². The number of ether oxygens (including phenoxy) is 1. The lowest BCUT2D eigenvalue weighted by Crippen LogP contribution is -2.37. The van der Waals surface area contributed by atoms with Crippen LogP contribution >= 0.6 is 0 Å². The average molecular weight is 233 g/mol. The van der Waals surface area contributed by atoms with Gasteiger partial charge >= 0.3 is 0 Å². The summed E-state index contributed by atoms with van der Waals surface area (Å²) in [5.74, 6) is 1.42. The van der Waals surface area contributed by atoms with E-state index in [1.54, 1.807) is 12.1 Å². The molecule has 0 aromatic heterocycles. The highest BCUT2D eigenvalue weighted by Crippen LogP contribution is 2.20. The number of rotatable bonds is 4. The summed E-state index contributed by atoms with van der Waals surface area (Å²) < 4.78 is 5.90. The van der Waals surface area contributed by atoms with Gasteiger partial charge in [0.2, 0.25) is 0 Å². The van der Waals surface area contributed by atoms with E-state index in [-0.39, 0.29) is 6.10 Å². The summed E-state index contributed by atoms with van der Waals surface area (Å²) in [5.41, 5.74) is 0.685. The molecule has 0 spiro atoms. The molecule has 1 N–H and O–H groups in total. The van der Waals surface area contributed by atoms with Crippen molar-refractivity contribution in [3.63, 3.8) is 0 Å². The Kier molecular flexibility index (Phi) is 4.15. The van der Waals surface area contributed by atoms with Crippen LogP contribution in [0.15, 0.2) is 24.3 Å². The molecule has 92 valence electrons. The van der Waals surface area contributed by atoms with Crippen LogP contribution in [0.5, 0.6) is 5.75 Å². The maximum absolute atomic E-state index is 10.5. The van der Waals surface area contributed by atoms with Gasteiger partial charge in [0, 0.05) is 18.0 Å². The fraction of sp³-hybridized carbons (Fsp3) is 0.500. The van der Waals surface area contributed by atoms with Gasteiger partial charge in [-0.2, -0.15) is 0 Å². The van der Waals surface area contributed by atoms with E-state index in [4.69, 9.17) is 4.74 Å². The van der Waals surface area contributed by atoms with Crippen molar-refractivity contribution in [2.24, 2.45) is 5.92 Å². The second-order valence-electron chi connectivity index (χ2n) is 4.62. The Balaban J connectivity index is 1.92. The Morgan fingerprint density at radius 2 is 2.18 bits per heavy atom.